The summed E-state index contributed by atoms with van der Waals surface area (Å²) in [5.41, 5.74) is 9.67. The van der Waals surface area contributed by atoms with Gasteiger partial charge in [-0.3, -0.25) is 0 Å². The average molecular weight is 284 g/mol. The predicted octanol–water partition coefficient (Wildman–Crippen LogP) is 3.75. The third kappa shape index (κ3) is 3.75. The molecule has 0 saturated carbocycles. The highest BCUT2D eigenvalue weighted by Crippen LogP contribution is 2.23. The van der Waals surface area contributed by atoms with E-state index in [1.54, 1.807) is 19.1 Å². The number of nitrogens with two attached hydrogens (primary N) is 1. The topological polar surface area (TPSA) is 64.3 Å². The lowest BCUT2D eigenvalue weighted by molar-refractivity contribution is 0.0527. The van der Waals surface area contributed by atoms with Gasteiger partial charge in [-0.15, -0.1) is 0 Å². The Labute approximate surface area is 124 Å². The van der Waals surface area contributed by atoms with Gasteiger partial charge in [0.05, 0.1) is 12.2 Å². The van der Waals surface area contributed by atoms with Gasteiger partial charge < -0.3 is 15.8 Å². The van der Waals surface area contributed by atoms with E-state index >= 15 is 0 Å². The zero-order valence-corrected chi connectivity index (χ0v) is 12.3. The van der Waals surface area contributed by atoms with Crippen LogP contribution in [0.3, 0.4) is 0 Å². The number of hydrogen-bond donors (Lipinski definition) is 2. The maximum absolute atomic E-state index is 11.8. The van der Waals surface area contributed by atoms with Gasteiger partial charge in [0.1, 0.15) is 0 Å². The third-order valence-electron chi connectivity index (χ3n) is 3.17. The van der Waals surface area contributed by atoms with Crippen molar-refractivity contribution >= 4 is 23.0 Å². The predicted molar refractivity (Wildman–Crippen MR) is 85.9 cm³/mol. The molecular weight excluding hydrogens is 264 g/mol. The maximum Gasteiger partial charge on any atom is 0.340 e. The van der Waals surface area contributed by atoms with Gasteiger partial charge in [0.25, 0.3) is 0 Å². The Hall–Kier alpha value is -2.49. The molecule has 0 aromatic heterocycles. The molecule has 2 aromatic carbocycles. The van der Waals surface area contributed by atoms with Gasteiger partial charge >= 0.3 is 5.97 Å². The number of anilines is 3. The second-order valence-electron chi connectivity index (χ2n) is 4.70. The van der Waals surface area contributed by atoms with E-state index in [0.717, 1.165) is 17.8 Å². The van der Waals surface area contributed by atoms with Crippen molar-refractivity contribution in [2.45, 2.75) is 20.3 Å². The van der Waals surface area contributed by atoms with Crippen molar-refractivity contribution in [3.05, 3.63) is 53.6 Å². The van der Waals surface area contributed by atoms with Gasteiger partial charge in [-0.2, -0.15) is 0 Å². The number of benzene rings is 2. The Balaban J connectivity index is 2.24. The molecule has 0 aliphatic carbocycles. The van der Waals surface area contributed by atoms with E-state index in [1.165, 1.54) is 5.56 Å². The largest absolute Gasteiger partial charge is 0.462 e. The molecule has 4 heteroatoms. The quantitative estimate of drug-likeness (QED) is 0.648. The summed E-state index contributed by atoms with van der Waals surface area (Å²) in [6.45, 7) is 4.21. The fourth-order valence-electron chi connectivity index (χ4n) is 2.06. The first kappa shape index (κ1) is 14.9. The standard InChI is InChI=1S/C17H20N2O2/c1-3-12-6-5-7-13(10-12)19-14-8-9-16(18)15(11-14)17(20)21-4-2/h5-11,19H,3-4,18H2,1-2H3. The Morgan fingerprint density at radius 2 is 1.90 bits per heavy atom. The Kier molecular flexibility index (Phi) is 4.82. The average Bonchev–Trinajstić information content (AvgIpc) is 2.49. The summed E-state index contributed by atoms with van der Waals surface area (Å²) in [5, 5.41) is 3.28. The first-order valence-electron chi connectivity index (χ1n) is 7.06. The number of aryl methyl sites for hydroxylation is 1. The Morgan fingerprint density at radius 3 is 2.62 bits per heavy atom. The SMILES string of the molecule is CCOC(=O)c1cc(Nc2cccc(CC)c2)ccc1N. The highest BCUT2D eigenvalue weighted by molar-refractivity contribution is 5.96. The molecule has 21 heavy (non-hydrogen) atoms. The lowest BCUT2D eigenvalue weighted by Gasteiger charge is -2.11. The minimum absolute atomic E-state index is 0.328. The van der Waals surface area contributed by atoms with Gasteiger partial charge in [0, 0.05) is 17.1 Å². The molecule has 0 unspecified atom stereocenters. The van der Waals surface area contributed by atoms with Crippen molar-refractivity contribution in [1.82, 2.24) is 0 Å². The Bertz CT molecular complexity index is 638. The summed E-state index contributed by atoms with van der Waals surface area (Å²) in [7, 11) is 0. The number of hydrogen-bond acceptors (Lipinski definition) is 4. The molecule has 0 atom stereocenters. The summed E-state index contributed by atoms with van der Waals surface area (Å²) in [4.78, 5) is 11.8. The van der Waals surface area contributed by atoms with Crippen LogP contribution < -0.4 is 11.1 Å². The number of ether oxygens (including phenoxy) is 1. The van der Waals surface area contributed by atoms with Crippen molar-refractivity contribution in [3.63, 3.8) is 0 Å². The Morgan fingerprint density at radius 1 is 1.14 bits per heavy atom. The smallest absolute Gasteiger partial charge is 0.340 e. The van der Waals surface area contributed by atoms with Crippen LogP contribution in [-0.4, -0.2) is 12.6 Å². The van der Waals surface area contributed by atoms with E-state index in [1.807, 2.05) is 18.2 Å². The van der Waals surface area contributed by atoms with Crippen molar-refractivity contribution in [2.75, 3.05) is 17.7 Å². The van der Waals surface area contributed by atoms with Gasteiger partial charge in [0.15, 0.2) is 0 Å². The van der Waals surface area contributed by atoms with E-state index in [9.17, 15) is 4.79 Å². The molecule has 0 saturated heterocycles. The molecule has 0 amide bonds. The zero-order valence-electron chi connectivity index (χ0n) is 12.3. The fraction of sp³-hybridized carbons (Fsp3) is 0.235. The molecule has 4 nitrogen and oxygen atoms in total. The summed E-state index contributed by atoms with van der Waals surface area (Å²) >= 11 is 0. The fourth-order valence-corrected chi connectivity index (χ4v) is 2.06. The summed E-state index contributed by atoms with van der Waals surface area (Å²) in [6.07, 6.45) is 0.978. The van der Waals surface area contributed by atoms with Crippen LogP contribution in [-0.2, 0) is 11.2 Å². The first-order valence-corrected chi connectivity index (χ1v) is 7.06. The number of nitrogen functional groups attached to an aromatic ring is 1. The van der Waals surface area contributed by atoms with Gasteiger partial charge in [-0.25, -0.2) is 4.79 Å². The number of nitrogens with one attached hydrogen (secondary N) is 1. The summed E-state index contributed by atoms with van der Waals surface area (Å²) in [6, 6.07) is 13.4. The first-order chi connectivity index (χ1) is 10.1. The minimum Gasteiger partial charge on any atom is -0.462 e. The number of esters is 1. The zero-order chi connectivity index (χ0) is 15.2. The van der Waals surface area contributed by atoms with E-state index in [2.05, 4.69) is 24.4 Å². The van der Waals surface area contributed by atoms with Gasteiger partial charge in [0.2, 0.25) is 0 Å². The molecule has 2 aromatic rings. The van der Waals surface area contributed by atoms with Gasteiger partial charge in [-0.1, -0.05) is 19.1 Å². The van der Waals surface area contributed by atoms with E-state index in [-0.39, 0.29) is 0 Å². The van der Waals surface area contributed by atoms with Crippen LogP contribution in [0.4, 0.5) is 17.1 Å². The van der Waals surface area contributed by atoms with Crippen LogP contribution >= 0.6 is 0 Å². The highest BCUT2D eigenvalue weighted by Gasteiger charge is 2.11. The monoisotopic (exact) mass is 284 g/mol. The van der Waals surface area contributed by atoms with E-state index < -0.39 is 5.97 Å². The molecule has 3 N–H and O–H groups in total. The lowest BCUT2D eigenvalue weighted by atomic mass is 10.1. The van der Waals surface area contributed by atoms with Crippen LogP contribution in [0.2, 0.25) is 0 Å². The highest BCUT2D eigenvalue weighted by atomic mass is 16.5. The van der Waals surface area contributed by atoms with Crippen molar-refractivity contribution < 1.29 is 9.53 Å². The normalized spacial score (nSPS) is 10.2. The third-order valence-corrected chi connectivity index (χ3v) is 3.17. The van der Waals surface area contributed by atoms with E-state index in [4.69, 9.17) is 10.5 Å². The van der Waals surface area contributed by atoms with Crippen LogP contribution in [0.25, 0.3) is 0 Å². The van der Waals surface area contributed by atoms with Crippen LogP contribution in [0.5, 0.6) is 0 Å². The van der Waals surface area contributed by atoms with Crippen molar-refractivity contribution in [2.24, 2.45) is 0 Å². The number of rotatable bonds is 5. The van der Waals surface area contributed by atoms with Crippen LogP contribution in [0.15, 0.2) is 42.5 Å². The lowest BCUT2D eigenvalue weighted by Crippen LogP contribution is -2.08. The number of carbonyl (C=O) groups is 1. The van der Waals surface area contributed by atoms with Crippen molar-refractivity contribution in [3.8, 4) is 0 Å². The molecule has 110 valence electrons. The molecule has 0 aliphatic rings. The molecule has 0 heterocycles. The molecule has 0 aliphatic heterocycles. The van der Waals surface area contributed by atoms with Gasteiger partial charge in [-0.05, 0) is 49.2 Å². The number of carbonyl (C=O) groups excluding carboxylic acids is 1. The van der Waals surface area contributed by atoms with Crippen molar-refractivity contribution in [1.29, 1.82) is 0 Å². The maximum atomic E-state index is 11.8. The minimum atomic E-state index is -0.402. The molecule has 2 rings (SSSR count). The molecule has 0 fully saturated rings. The second-order valence-corrected chi connectivity index (χ2v) is 4.70. The molecule has 0 spiro atoms. The summed E-state index contributed by atoms with van der Waals surface area (Å²) in [5.74, 6) is -0.402. The van der Waals surface area contributed by atoms with Crippen LogP contribution in [0.1, 0.15) is 29.8 Å². The van der Waals surface area contributed by atoms with E-state index in [0.29, 0.717) is 17.9 Å². The molecule has 0 bridgehead atoms. The summed E-state index contributed by atoms with van der Waals surface area (Å²) < 4.78 is 5.00. The second kappa shape index (κ2) is 6.79. The van der Waals surface area contributed by atoms with Crippen LogP contribution in [0, 0.1) is 0 Å². The molecule has 0 radical (unpaired) electrons. The molecular formula is C17H20N2O2.